The van der Waals surface area contributed by atoms with Crippen LogP contribution in [0.25, 0.3) is 0 Å². The molecule has 154 valence electrons. The van der Waals surface area contributed by atoms with E-state index in [1.165, 1.54) is 6.07 Å². The highest BCUT2D eigenvalue weighted by Gasteiger charge is 2.56. The van der Waals surface area contributed by atoms with Crippen molar-refractivity contribution < 1.29 is 12.8 Å². The van der Waals surface area contributed by atoms with E-state index in [1.807, 2.05) is 18.2 Å². The number of hydrogen-bond donors (Lipinski definition) is 1. The minimum Gasteiger partial charge on any atom is -0.301 e. The molecule has 1 N–H and O–H groups in total. The Balaban J connectivity index is 1.58. The summed E-state index contributed by atoms with van der Waals surface area (Å²) in [5.41, 5.74) is 0.817. The first-order valence-corrected chi connectivity index (χ1v) is 11.7. The van der Waals surface area contributed by atoms with E-state index in [0.717, 1.165) is 57.0 Å². The van der Waals surface area contributed by atoms with E-state index < -0.39 is 15.8 Å². The molecule has 4 aliphatic heterocycles. The number of halogens is 2. The molecule has 0 amide bonds. The van der Waals surface area contributed by atoms with Crippen LogP contribution in [0.15, 0.2) is 53.4 Å². The molecule has 4 aliphatic rings. The lowest BCUT2D eigenvalue weighted by molar-refractivity contribution is 0.0281. The van der Waals surface area contributed by atoms with Crippen LogP contribution in [-0.4, -0.2) is 63.5 Å². The normalized spacial score (nSPS) is 33.6. The summed E-state index contributed by atoms with van der Waals surface area (Å²) in [5.74, 6) is -0.379. The molecule has 4 fully saturated rings. The molecule has 29 heavy (non-hydrogen) atoms. The summed E-state index contributed by atoms with van der Waals surface area (Å²) in [7, 11) is -3.90. The van der Waals surface area contributed by atoms with Crippen molar-refractivity contribution in [2.75, 3.05) is 39.3 Å². The number of nitrogens with one attached hydrogen (secondary N) is 1. The van der Waals surface area contributed by atoms with E-state index in [9.17, 15) is 12.8 Å². The summed E-state index contributed by atoms with van der Waals surface area (Å²) in [4.78, 5) is 4.84. The Hall–Kier alpha value is -1.51. The van der Waals surface area contributed by atoms with Crippen LogP contribution in [0.5, 0.6) is 0 Å². The zero-order valence-corrected chi connectivity index (χ0v) is 17.5. The zero-order valence-electron chi connectivity index (χ0n) is 15.9. The van der Waals surface area contributed by atoms with Gasteiger partial charge < -0.3 is 9.80 Å². The lowest BCUT2D eigenvalue weighted by Crippen LogP contribution is -2.70. The van der Waals surface area contributed by atoms with Crippen LogP contribution in [0.2, 0.25) is 5.02 Å². The van der Waals surface area contributed by atoms with Gasteiger partial charge in [-0.25, -0.2) is 17.5 Å². The van der Waals surface area contributed by atoms with E-state index in [4.69, 9.17) is 11.6 Å². The van der Waals surface area contributed by atoms with Crippen molar-refractivity contribution in [2.24, 2.45) is 5.92 Å². The standard InChI is InChI=1S/C21H23ClFN3O2S/c22-18-10-17(23)6-7-19(18)29(27,28)24-20-15-11-25-8-9-26(12-15)14-21(20,13-25)16-4-2-1-3-5-16/h1-7,10,15,20,24H,8-9,11-14H2. The second kappa shape index (κ2) is 7.03. The van der Waals surface area contributed by atoms with Gasteiger partial charge in [0.15, 0.2) is 0 Å². The Kier molecular flexibility index (Phi) is 4.71. The van der Waals surface area contributed by atoms with Gasteiger partial charge in [0.2, 0.25) is 10.0 Å². The third-order valence-electron chi connectivity index (χ3n) is 6.61. The first kappa shape index (κ1) is 19.5. The van der Waals surface area contributed by atoms with Gasteiger partial charge in [-0.2, -0.15) is 0 Å². The minimum atomic E-state index is -3.90. The van der Waals surface area contributed by atoms with Gasteiger partial charge >= 0.3 is 0 Å². The van der Waals surface area contributed by atoms with Crippen LogP contribution < -0.4 is 4.72 Å². The monoisotopic (exact) mass is 435 g/mol. The Labute approximate surface area is 175 Å². The Morgan fingerprint density at radius 1 is 1.03 bits per heavy atom. The Morgan fingerprint density at radius 3 is 2.31 bits per heavy atom. The second-order valence-electron chi connectivity index (χ2n) is 8.43. The predicted octanol–water partition coefficient (Wildman–Crippen LogP) is 2.33. The van der Waals surface area contributed by atoms with Crippen LogP contribution in [0.1, 0.15) is 5.56 Å². The van der Waals surface area contributed by atoms with E-state index >= 15 is 0 Å². The lowest BCUT2D eigenvalue weighted by Gasteiger charge is -2.55. The fourth-order valence-electron chi connectivity index (χ4n) is 5.45. The molecule has 0 radical (unpaired) electrons. The summed E-state index contributed by atoms with van der Waals surface area (Å²) < 4.78 is 43.0. The van der Waals surface area contributed by atoms with Gasteiger partial charge in [-0.15, -0.1) is 0 Å². The third kappa shape index (κ3) is 3.29. The summed E-state index contributed by atoms with van der Waals surface area (Å²) in [5, 5.41) is -0.0974. The number of nitrogens with zero attached hydrogens (tertiary/aromatic N) is 2. The van der Waals surface area contributed by atoms with E-state index in [0.29, 0.717) is 0 Å². The maximum atomic E-state index is 13.4. The van der Waals surface area contributed by atoms with E-state index in [1.54, 1.807) is 0 Å². The first-order chi connectivity index (χ1) is 13.9. The fraction of sp³-hybridized carbons (Fsp3) is 0.429. The SMILES string of the molecule is O=S(=O)(NC1C2CN3CCN(C2)CC1(c1ccccc1)C3)c1ccc(F)cc1Cl. The van der Waals surface area contributed by atoms with Crippen molar-refractivity contribution in [1.82, 2.24) is 14.5 Å². The smallest absolute Gasteiger partial charge is 0.242 e. The average Bonchev–Trinajstić information content (AvgIpc) is 2.93. The zero-order chi connectivity index (χ0) is 20.2. The van der Waals surface area contributed by atoms with Crippen LogP contribution in [0, 0.1) is 11.7 Å². The summed E-state index contributed by atoms with van der Waals surface area (Å²) in [6.45, 7) is 5.39. The largest absolute Gasteiger partial charge is 0.301 e. The molecular weight excluding hydrogens is 413 g/mol. The summed E-state index contributed by atoms with van der Waals surface area (Å²) in [6.07, 6.45) is 0. The molecule has 4 bridgehead atoms. The molecule has 6 rings (SSSR count). The van der Waals surface area contributed by atoms with Crippen LogP contribution >= 0.6 is 11.6 Å². The molecule has 4 heterocycles. The minimum absolute atomic E-state index is 0.0731. The van der Waals surface area contributed by atoms with Gasteiger partial charge in [0.1, 0.15) is 10.7 Å². The van der Waals surface area contributed by atoms with Gasteiger partial charge in [-0.3, -0.25) is 0 Å². The van der Waals surface area contributed by atoms with E-state index in [-0.39, 0.29) is 27.3 Å². The van der Waals surface area contributed by atoms with Crippen LogP contribution in [-0.2, 0) is 15.4 Å². The quantitative estimate of drug-likeness (QED) is 0.800. The highest BCUT2D eigenvalue weighted by Crippen LogP contribution is 2.43. The molecule has 3 atom stereocenters. The molecule has 0 saturated carbocycles. The molecule has 8 heteroatoms. The molecular formula is C21H23ClFN3O2S. The Bertz CT molecular complexity index is 1020. The highest BCUT2D eigenvalue weighted by molar-refractivity contribution is 7.89. The Morgan fingerprint density at radius 2 is 1.69 bits per heavy atom. The molecule has 0 aromatic heterocycles. The molecule has 0 aliphatic carbocycles. The van der Waals surface area contributed by atoms with Gasteiger partial charge in [-0.1, -0.05) is 41.9 Å². The number of hydrogen-bond acceptors (Lipinski definition) is 4. The summed E-state index contributed by atoms with van der Waals surface area (Å²) >= 11 is 6.08. The van der Waals surface area contributed by atoms with Crippen molar-refractivity contribution in [1.29, 1.82) is 0 Å². The number of piperidine rings is 2. The molecule has 5 nitrogen and oxygen atoms in total. The van der Waals surface area contributed by atoms with Crippen molar-refractivity contribution >= 4 is 21.6 Å². The van der Waals surface area contributed by atoms with Gasteiger partial charge in [0, 0.05) is 56.6 Å². The number of fused-ring (bicyclic) bond motifs is 1. The van der Waals surface area contributed by atoms with Crippen molar-refractivity contribution in [3.8, 4) is 0 Å². The number of sulfonamides is 1. The van der Waals surface area contributed by atoms with Crippen molar-refractivity contribution in [3.63, 3.8) is 0 Å². The topological polar surface area (TPSA) is 52.7 Å². The molecule has 2 aromatic carbocycles. The third-order valence-corrected chi connectivity index (χ3v) is 8.53. The van der Waals surface area contributed by atoms with Crippen LogP contribution in [0.3, 0.4) is 0 Å². The maximum absolute atomic E-state index is 13.4. The second-order valence-corrected chi connectivity index (χ2v) is 10.5. The van der Waals surface area contributed by atoms with Crippen molar-refractivity contribution in [3.05, 3.63) is 64.9 Å². The van der Waals surface area contributed by atoms with Gasteiger partial charge in [0.05, 0.1) is 5.02 Å². The first-order valence-electron chi connectivity index (χ1n) is 9.85. The van der Waals surface area contributed by atoms with Gasteiger partial charge in [-0.05, 0) is 23.8 Å². The van der Waals surface area contributed by atoms with Gasteiger partial charge in [0.25, 0.3) is 0 Å². The maximum Gasteiger partial charge on any atom is 0.242 e. The summed E-state index contributed by atoms with van der Waals surface area (Å²) in [6, 6.07) is 13.4. The number of rotatable bonds is 4. The highest BCUT2D eigenvalue weighted by atomic mass is 35.5. The predicted molar refractivity (Wildman–Crippen MR) is 110 cm³/mol. The van der Waals surface area contributed by atoms with Crippen molar-refractivity contribution in [2.45, 2.75) is 16.4 Å². The molecule has 0 spiro atoms. The molecule has 2 aromatic rings. The lowest BCUT2D eigenvalue weighted by atomic mass is 9.65. The molecule has 4 saturated heterocycles. The van der Waals surface area contributed by atoms with Crippen LogP contribution in [0.4, 0.5) is 4.39 Å². The van der Waals surface area contributed by atoms with E-state index in [2.05, 4.69) is 26.7 Å². The number of benzene rings is 2. The molecule has 3 unspecified atom stereocenters. The average molecular weight is 436 g/mol. The fourth-order valence-corrected chi connectivity index (χ4v) is 7.36.